The zero-order valence-electron chi connectivity index (χ0n) is 12.5. The van der Waals surface area contributed by atoms with Gasteiger partial charge < -0.3 is 36.2 Å². The Bertz CT molecular complexity index is 407. The normalized spacial score (nSPS) is 29.4. The van der Waals surface area contributed by atoms with Crippen molar-refractivity contribution in [1.82, 2.24) is 4.90 Å². The van der Waals surface area contributed by atoms with E-state index in [1.807, 2.05) is 0 Å². The average Bonchev–Trinajstić information content (AvgIpc) is 2.42. The van der Waals surface area contributed by atoms with E-state index in [0.717, 1.165) is 19.9 Å². The molecule has 0 aromatic rings. The van der Waals surface area contributed by atoms with Crippen LogP contribution in [0, 0.1) is 5.92 Å². The third kappa shape index (κ3) is 3.50. The number of hydrogen-bond donors (Lipinski definition) is 2. The molecule has 4 N–H and O–H groups in total. The average molecular weight is 494 g/mol. The molecule has 3 atom stereocenters. The second-order valence-electron chi connectivity index (χ2n) is 5.57. The predicted molar refractivity (Wildman–Crippen MR) is 69.1 cm³/mol. The van der Waals surface area contributed by atoms with Crippen LogP contribution in [-0.2, 0) is 35.4 Å². The van der Waals surface area contributed by atoms with Gasteiger partial charge in [-0.1, -0.05) is 19.8 Å². The van der Waals surface area contributed by atoms with Crippen LogP contribution < -0.4 is 21.7 Å². The van der Waals surface area contributed by atoms with Gasteiger partial charge in [-0.25, -0.2) is 0 Å². The fraction of sp³-hybridized carbons (Fsp3) is 0.769. The molecule has 2 fully saturated rings. The Labute approximate surface area is 143 Å². The molecule has 22 heavy (non-hydrogen) atoms. The minimum absolute atomic E-state index is 0. The van der Waals surface area contributed by atoms with Crippen LogP contribution in [0.25, 0.3) is 0 Å². The molecule has 9 heteroatoms. The van der Waals surface area contributed by atoms with E-state index in [4.69, 9.17) is 11.5 Å². The van der Waals surface area contributed by atoms with E-state index in [1.165, 1.54) is 19.8 Å². The van der Waals surface area contributed by atoms with Crippen LogP contribution in [0.5, 0.6) is 0 Å². The Morgan fingerprint density at radius 2 is 1.50 bits per heavy atom. The Morgan fingerprint density at radius 3 is 1.68 bits per heavy atom. The van der Waals surface area contributed by atoms with Gasteiger partial charge in [-0.05, 0) is 12.8 Å². The van der Waals surface area contributed by atoms with E-state index in [1.54, 1.807) is 0 Å². The van der Waals surface area contributed by atoms with Gasteiger partial charge >= 0.3 is 21.1 Å². The number of nitrogens with zero attached hydrogens (tertiary/aromatic N) is 1. The van der Waals surface area contributed by atoms with Crippen LogP contribution in [0.15, 0.2) is 0 Å². The van der Waals surface area contributed by atoms with Crippen molar-refractivity contribution in [2.24, 2.45) is 17.4 Å². The van der Waals surface area contributed by atoms with Crippen LogP contribution in [0.4, 0.5) is 0 Å². The van der Waals surface area contributed by atoms with E-state index in [9.17, 15) is 24.6 Å². The van der Waals surface area contributed by atoms with Crippen molar-refractivity contribution < 1.29 is 45.7 Å². The monoisotopic (exact) mass is 494 g/mol. The summed E-state index contributed by atoms with van der Waals surface area (Å²) in [5, 5.41) is 21.2. The van der Waals surface area contributed by atoms with Crippen LogP contribution in [0.1, 0.15) is 32.6 Å². The first kappa shape index (κ1) is 21.0. The number of carboxylic acid groups (broad SMARTS) is 2. The molecule has 0 spiro atoms. The standard InChI is InChI=1S/C7H9NO5.C6H14N2.Pt/c1-3-4(9)8(2)7(3,5(10)11)6(12)13;7-5-3-1-2-4-6(5)8;/h3H,1-2H3,(H,10,11)(H,12,13);5-6H,1-4,7-8H2;/q;;+2/p-2/t;5-,6-;/m.1./s1. The van der Waals surface area contributed by atoms with Crippen molar-refractivity contribution in [1.29, 1.82) is 0 Å². The molecule has 1 aliphatic heterocycles. The number of likely N-dealkylation sites (tertiary alicyclic amines) is 1. The van der Waals surface area contributed by atoms with E-state index >= 15 is 0 Å². The summed E-state index contributed by atoms with van der Waals surface area (Å²) in [6.45, 7) is 1.22. The summed E-state index contributed by atoms with van der Waals surface area (Å²) in [6.07, 6.45) is 4.80. The zero-order chi connectivity index (χ0) is 16.4. The Balaban J connectivity index is 0.000000423. The van der Waals surface area contributed by atoms with Crippen molar-refractivity contribution in [3.8, 4) is 0 Å². The minimum atomic E-state index is -2.29. The molecular formula is C13H21N3O5Pt. The maximum absolute atomic E-state index is 10.9. The molecule has 8 nitrogen and oxygen atoms in total. The molecule has 2 aliphatic rings. The molecule has 0 bridgehead atoms. The molecule has 1 aliphatic carbocycles. The van der Waals surface area contributed by atoms with E-state index < -0.39 is 29.3 Å². The van der Waals surface area contributed by atoms with Crippen molar-refractivity contribution >= 4 is 17.8 Å². The first-order chi connectivity index (χ1) is 9.67. The molecule has 0 aromatic heterocycles. The maximum atomic E-state index is 10.9. The molecule has 128 valence electrons. The van der Waals surface area contributed by atoms with Gasteiger partial charge in [-0.2, -0.15) is 0 Å². The summed E-state index contributed by atoms with van der Waals surface area (Å²) in [7, 11) is 1.09. The number of likely N-dealkylation sites (N-methyl/N-ethyl adjacent to an activating group) is 1. The van der Waals surface area contributed by atoms with Crippen molar-refractivity contribution in [3.05, 3.63) is 0 Å². The number of β-lactam (4-membered cyclic amide) rings is 1. The molecule has 1 saturated carbocycles. The quantitative estimate of drug-likeness (QED) is 0.299. The third-order valence-corrected chi connectivity index (χ3v) is 4.35. The first-order valence-electron chi connectivity index (χ1n) is 6.89. The first-order valence-corrected chi connectivity index (χ1v) is 6.89. The molecule has 1 heterocycles. The number of rotatable bonds is 2. The van der Waals surface area contributed by atoms with Gasteiger partial charge in [0.1, 0.15) is 5.54 Å². The molecule has 1 amide bonds. The molecule has 0 radical (unpaired) electrons. The van der Waals surface area contributed by atoms with Gasteiger partial charge in [-0.15, -0.1) is 0 Å². The summed E-state index contributed by atoms with van der Waals surface area (Å²) < 4.78 is 0. The van der Waals surface area contributed by atoms with Gasteiger partial charge in [0.25, 0.3) is 0 Å². The molecular weight excluding hydrogens is 473 g/mol. The van der Waals surface area contributed by atoms with Gasteiger partial charge in [0, 0.05) is 19.1 Å². The van der Waals surface area contributed by atoms with Crippen LogP contribution >= 0.6 is 0 Å². The second-order valence-corrected chi connectivity index (χ2v) is 5.57. The van der Waals surface area contributed by atoms with Crippen molar-refractivity contribution in [3.63, 3.8) is 0 Å². The summed E-state index contributed by atoms with van der Waals surface area (Å²) in [6, 6.07) is 0.562. The summed E-state index contributed by atoms with van der Waals surface area (Å²) in [4.78, 5) is 32.7. The fourth-order valence-electron chi connectivity index (χ4n) is 2.77. The largest absolute Gasteiger partial charge is 2.00 e. The number of carbonyl (C=O) groups is 3. The zero-order valence-corrected chi connectivity index (χ0v) is 14.8. The molecule has 0 aromatic carbocycles. The van der Waals surface area contributed by atoms with Gasteiger partial charge in [0.2, 0.25) is 5.91 Å². The predicted octanol–water partition coefficient (Wildman–Crippen LogP) is -3.45. The number of amides is 1. The van der Waals surface area contributed by atoms with Crippen molar-refractivity contribution in [2.45, 2.75) is 50.2 Å². The smallest absolute Gasteiger partial charge is 0.547 e. The summed E-state index contributed by atoms with van der Waals surface area (Å²) in [5.41, 5.74) is 9.01. The van der Waals surface area contributed by atoms with E-state index in [2.05, 4.69) is 0 Å². The fourth-order valence-corrected chi connectivity index (χ4v) is 2.77. The minimum Gasteiger partial charge on any atom is -0.547 e. The Morgan fingerprint density at radius 1 is 1.14 bits per heavy atom. The maximum Gasteiger partial charge on any atom is 2.00 e. The van der Waals surface area contributed by atoms with E-state index in [0.29, 0.717) is 4.90 Å². The van der Waals surface area contributed by atoms with Crippen LogP contribution in [0.3, 0.4) is 0 Å². The molecule has 1 saturated heterocycles. The number of carboxylic acids is 2. The van der Waals surface area contributed by atoms with Crippen LogP contribution in [-0.4, -0.2) is 47.4 Å². The topological polar surface area (TPSA) is 153 Å². The van der Waals surface area contributed by atoms with Crippen LogP contribution in [0.2, 0.25) is 0 Å². The van der Waals surface area contributed by atoms with Crippen molar-refractivity contribution in [2.75, 3.05) is 7.05 Å². The number of hydrogen-bond acceptors (Lipinski definition) is 7. The van der Waals surface area contributed by atoms with E-state index in [-0.39, 0.29) is 33.1 Å². The Kier molecular flexibility index (Phi) is 7.68. The number of nitrogens with two attached hydrogens (primary N) is 2. The summed E-state index contributed by atoms with van der Waals surface area (Å²) in [5.74, 6) is -5.31. The molecule has 1 unspecified atom stereocenters. The van der Waals surface area contributed by atoms with Gasteiger partial charge in [0.05, 0.1) is 17.9 Å². The third-order valence-electron chi connectivity index (χ3n) is 4.35. The summed E-state index contributed by atoms with van der Waals surface area (Å²) >= 11 is 0. The second kappa shape index (κ2) is 8.04. The van der Waals surface area contributed by atoms with Gasteiger partial charge in [-0.3, -0.25) is 4.79 Å². The SMILES string of the molecule is CC1C(=O)N(C)C1(C(=O)[O-])C(=O)[O-].N[C@@H]1CCCC[C@H]1N.[Pt+2]. The Hall–Kier alpha value is -0.982. The number of carbonyl (C=O) groups excluding carboxylic acids is 3. The van der Waals surface area contributed by atoms with Gasteiger partial charge in [0.15, 0.2) is 0 Å². The molecule has 2 rings (SSSR count). The number of aliphatic carboxylic acids is 2.